The maximum Gasteiger partial charge on any atom is 0.236 e. The summed E-state index contributed by atoms with van der Waals surface area (Å²) in [6.07, 6.45) is 0. The zero-order valence-electron chi connectivity index (χ0n) is 14.8. The largest absolute Gasteiger partial charge is 0.368 e. The Labute approximate surface area is 165 Å². The average Bonchev–Trinajstić information content (AvgIpc) is 3.09. The molecule has 0 aliphatic rings. The molecule has 4 rings (SSSR count). The molecule has 2 N–H and O–H groups in total. The van der Waals surface area contributed by atoms with E-state index in [2.05, 4.69) is 52.0 Å². The smallest absolute Gasteiger partial charge is 0.236 e. The number of hydrogen-bond donors (Lipinski definition) is 1. The van der Waals surface area contributed by atoms with Crippen LogP contribution < -0.4 is 10.6 Å². The number of halogens is 1. The predicted octanol–water partition coefficient (Wildman–Crippen LogP) is 4.79. The van der Waals surface area contributed by atoms with E-state index in [9.17, 15) is 0 Å². The first kappa shape index (κ1) is 17.6. The monoisotopic (exact) mass is 396 g/mol. The Balaban J connectivity index is 1.94. The molecular weight excluding hydrogens is 380 g/mol. The minimum Gasteiger partial charge on any atom is -0.368 e. The van der Waals surface area contributed by atoms with Gasteiger partial charge in [0.1, 0.15) is 0 Å². The normalized spacial score (nSPS) is 11.7. The molecule has 0 aliphatic heterocycles. The summed E-state index contributed by atoms with van der Waals surface area (Å²) in [5.74, 6) is 0.475. The molecule has 0 saturated carbocycles. The van der Waals surface area contributed by atoms with E-state index in [1.807, 2.05) is 40.7 Å². The van der Waals surface area contributed by atoms with Crippen molar-refractivity contribution in [2.45, 2.75) is 19.4 Å². The van der Waals surface area contributed by atoms with Crippen molar-refractivity contribution in [3.63, 3.8) is 0 Å². The third-order valence-electron chi connectivity index (χ3n) is 4.43. The fourth-order valence-electron chi connectivity index (χ4n) is 3.10. The number of nitrogen functional groups attached to an aromatic ring is 1. The van der Waals surface area contributed by atoms with Gasteiger partial charge in [-0.05, 0) is 49.2 Å². The second-order valence-corrected chi connectivity index (χ2v) is 7.75. The minimum absolute atomic E-state index is 0.0604. The Morgan fingerprint density at radius 1 is 1.04 bits per heavy atom. The highest BCUT2D eigenvalue weighted by atomic mass is 35.5. The van der Waals surface area contributed by atoms with E-state index in [-0.39, 0.29) is 11.2 Å². The molecule has 0 fully saturated rings. The molecule has 0 amide bonds. The van der Waals surface area contributed by atoms with Crippen LogP contribution in [0.15, 0.2) is 54.0 Å². The molecule has 0 unspecified atom stereocenters. The topological polar surface area (TPSA) is 80.8 Å². The number of anilines is 3. The van der Waals surface area contributed by atoms with Crippen LogP contribution in [0.5, 0.6) is 0 Å². The van der Waals surface area contributed by atoms with Crippen molar-refractivity contribution < 1.29 is 0 Å². The van der Waals surface area contributed by atoms with Gasteiger partial charge >= 0.3 is 0 Å². The molecule has 0 spiro atoms. The first-order chi connectivity index (χ1) is 12.9. The summed E-state index contributed by atoms with van der Waals surface area (Å²) in [7, 11) is 0. The fourth-order valence-corrected chi connectivity index (χ4v) is 3.97. The third kappa shape index (κ3) is 3.31. The Morgan fingerprint density at radius 3 is 2.56 bits per heavy atom. The highest BCUT2D eigenvalue weighted by Crippen LogP contribution is 2.39. The quantitative estimate of drug-likeness (QED) is 0.534. The van der Waals surface area contributed by atoms with Gasteiger partial charge < -0.3 is 10.6 Å². The Kier molecular flexibility index (Phi) is 4.41. The predicted molar refractivity (Wildman–Crippen MR) is 110 cm³/mol. The Bertz CT molecular complexity index is 1080. The van der Waals surface area contributed by atoms with Crippen LogP contribution in [-0.4, -0.2) is 19.9 Å². The molecule has 0 saturated heterocycles. The summed E-state index contributed by atoms with van der Waals surface area (Å²) in [5, 5.41) is 0.0604. The maximum atomic E-state index is 6.08. The van der Waals surface area contributed by atoms with Gasteiger partial charge in [0.2, 0.25) is 17.2 Å². The summed E-state index contributed by atoms with van der Waals surface area (Å²) in [5.41, 5.74) is 10.2. The van der Waals surface area contributed by atoms with Crippen LogP contribution in [0.3, 0.4) is 0 Å². The maximum absolute atomic E-state index is 6.08. The second kappa shape index (κ2) is 6.75. The van der Waals surface area contributed by atoms with Crippen molar-refractivity contribution in [3.8, 4) is 0 Å². The van der Waals surface area contributed by atoms with Crippen molar-refractivity contribution in [1.29, 1.82) is 0 Å². The van der Waals surface area contributed by atoms with Crippen molar-refractivity contribution in [3.05, 3.63) is 64.9 Å². The molecule has 2 aromatic heterocycles. The number of fused-ring (bicyclic) bond motifs is 1. The van der Waals surface area contributed by atoms with Gasteiger partial charge in [0.05, 0.1) is 21.3 Å². The summed E-state index contributed by atoms with van der Waals surface area (Å²) >= 11 is 7.66. The van der Waals surface area contributed by atoms with Crippen LogP contribution >= 0.6 is 22.9 Å². The van der Waals surface area contributed by atoms with Gasteiger partial charge in [-0.1, -0.05) is 30.3 Å². The molecule has 2 heterocycles. The first-order valence-corrected chi connectivity index (χ1v) is 9.57. The molecule has 0 radical (unpaired) electrons. The molecule has 0 atom stereocenters. The lowest BCUT2D eigenvalue weighted by atomic mass is 9.91. The van der Waals surface area contributed by atoms with Crippen LogP contribution in [0.2, 0.25) is 5.28 Å². The van der Waals surface area contributed by atoms with Crippen LogP contribution in [0.1, 0.15) is 19.4 Å². The molecule has 4 aromatic rings. The van der Waals surface area contributed by atoms with E-state index >= 15 is 0 Å². The number of nitrogens with zero attached hydrogens (tertiary/aromatic N) is 5. The SMILES string of the molecule is CC(C)(c1ccccc1)N(c1ccc2ncsc2c1)c1nc(N)nc(Cl)n1. The van der Waals surface area contributed by atoms with E-state index in [0.29, 0.717) is 5.95 Å². The zero-order valence-corrected chi connectivity index (χ0v) is 16.4. The molecular formula is C19H17ClN6S. The van der Waals surface area contributed by atoms with Gasteiger partial charge in [-0.25, -0.2) is 4.98 Å². The number of thiazole rings is 1. The minimum atomic E-state index is -0.475. The molecule has 27 heavy (non-hydrogen) atoms. The van der Waals surface area contributed by atoms with Crippen molar-refractivity contribution in [2.75, 3.05) is 10.6 Å². The third-order valence-corrected chi connectivity index (χ3v) is 5.39. The van der Waals surface area contributed by atoms with Gasteiger partial charge in [-0.2, -0.15) is 15.0 Å². The molecule has 0 aliphatic carbocycles. The number of rotatable bonds is 4. The lowest BCUT2D eigenvalue weighted by Gasteiger charge is -2.39. The van der Waals surface area contributed by atoms with Crippen molar-refractivity contribution >= 4 is 50.7 Å². The molecule has 0 bridgehead atoms. The first-order valence-electron chi connectivity index (χ1n) is 8.31. The Morgan fingerprint density at radius 2 is 1.81 bits per heavy atom. The number of aromatic nitrogens is 4. The molecule has 6 nitrogen and oxygen atoms in total. The van der Waals surface area contributed by atoms with Crippen LogP contribution in [0, 0.1) is 0 Å². The number of nitrogens with two attached hydrogens (primary N) is 1. The lowest BCUT2D eigenvalue weighted by Crippen LogP contribution is -2.39. The summed E-state index contributed by atoms with van der Waals surface area (Å²) in [4.78, 5) is 19.0. The highest BCUT2D eigenvalue weighted by Gasteiger charge is 2.33. The van der Waals surface area contributed by atoms with E-state index in [1.165, 1.54) is 0 Å². The van der Waals surface area contributed by atoms with Gasteiger partial charge in [-0.15, -0.1) is 11.3 Å². The van der Waals surface area contributed by atoms with Gasteiger partial charge in [0.15, 0.2) is 0 Å². The van der Waals surface area contributed by atoms with Gasteiger partial charge in [0.25, 0.3) is 0 Å². The summed E-state index contributed by atoms with van der Waals surface area (Å²) in [6.45, 7) is 4.21. The molecule has 136 valence electrons. The highest BCUT2D eigenvalue weighted by molar-refractivity contribution is 7.16. The van der Waals surface area contributed by atoms with Gasteiger partial charge in [-0.3, -0.25) is 0 Å². The zero-order chi connectivity index (χ0) is 19.0. The Hall–Kier alpha value is -2.77. The van der Waals surface area contributed by atoms with Crippen molar-refractivity contribution in [2.24, 2.45) is 0 Å². The van der Waals surface area contributed by atoms with E-state index < -0.39 is 5.54 Å². The average molecular weight is 397 g/mol. The molecule has 2 aromatic carbocycles. The number of hydrogen-bond acceptors (Lipinski definition) is 7. The standard InChI is InChI=1S/C19H17ClN6S/c1-19(2,12-6-4-3-5-7-12)26(18-24-16(20)23-17(21)25-18)13-8-9-14-15(10-13)27-11-22-14/h3-11H,1-2H3,(H2,21,23,24,25). The van der Waals surface area contributed by atoms with E-state index in [0.717, 1.165) is 21.5 Å². The summed E-state index contributed by atoms with van der Waals surface area (Å²) in [6, 6.07) is 16.2. The second-order valence-electron chi connectivity index (χ2n) is 6.53. The van der Waals surface area contributed by atoms with Crippen LogP contribution in [-0.2, 0) is 5.54 Å². The van der Waals surface area contributed by atoms with Crippen LogP contribution in [0.4, 0.5) is 17.6 Å². The lowest BCUT2D eigenvalue weighted by molar-refractivity contribution is 0.526. The van der Waals surface area contributed by atoms with Crippen LogP contribution in [0.25, 0.3) is 10.2 Å². The van der Waals surface area contributed by atoms with Crippen molar-refractivity contribution in [1.82, 2.24) is 19.9 Å². The summed E-state index contributed by atoms with van der Waals surface area (Å²) < 4.78 is 1.08. The number of benzene rings is 2. The van der Waals surface area contributed by atoms with E-state index in [1.54, 1.807) is 11.3 Å². The molecule has 8 heteroatoms. The van der Waals surface area contributed by atoms with Gasteiger partial charge in [0, 0.05) is 5.69 Å². The fraction of sp³-hybridized carbons (Fsp3) is 0.158. The van der Waals surface area contributed by atoms with E-state index in [4.69, 9.17) is 17.3 Å².